The average molecular weight is 545 g/mol. The summed E-state index contributed by atoms with van der Waals surface area (Å²) in [5.74, 6) is -1.33. The van der Waals surface area contributed by atoms with Gasteiger partial charge in [-0.05, 0) is 53.8 Å². The predicted octanol–water partition coefficient (Wildman–Crippen LogP) is 3.78. The highest BCUT2D eigenvalue weighted by molar-refractivity contribution is 5.74. The quantitative estimate of drug-likeness (QED) is 0.304. The largest absolute Gasteiger partial charge is 0.494 e. The lowest BCUT2D eigenvalue weighted by atomic mass is 9.84. The van der Waals surface area contributed by atoms with E-state index in [0.717, 1.165) is 17.7 Å². The number of halogens is 4. The summed E-state index contributed by atoms with van der Waals surface area (Å²) in [5, 5.41) is 14.3. The maximum Gasteiger partial charge on any atom is 0.265 e. The first-order chi connectivity index (χ1) is 18.6. The molecule has 0 saturated carbocycles. The van der Waals surface area contributed by atoms with E-state index in [1.54, 1.807) is 28.9 Å². The van der Waals surface area contributed by atoms with Gasteiger partial charge in [0.25, 0.3) is 6.43 Å². The van der Waals surface area contributed by atoms with Crippen LogP contribution in [0.5, 0.6) is 5.75 Å². The fraction of sp³-hybridized carbons (Fsp3) is 0.333. The van der Waals surface area contributed by atoms with Crippen molar-refractivity contribution in [2.24, 2.45) is 5.73 Å². The van der Waals surface area contributed by atoms with Crippen LogP contribution in [0.15, 0.2) is 48.9 Å². The Balaban J connectivity index is 1.61. The number of aliphatic hydroxyl groups excluding tert-OH is 1. The summed E-state index contributed by atoms with van der Waals surface area (Å²) in [5.41, 5.74) is 14.0. The molecule has 0 aliphatic carbocycles. The summed E-state index contributed by atoms with van der Waals surface area (Å²) >= 11 is 0. The van der Waals surface area contributed by atoms with Crippen LogP contribution in [0.4, 0.5) is 29.1 Å². The van der Waals surface area contributed by atoms with Crippen molar-refractivity contribution in [2.45, 2.75) is 37.3 Å². The van der Waals surface area contributed by atoms with Gasteiger partial charge in [0, 0.05) is 43.0 Å². The molecule has 0 radical (unpaired) electrons. The first-order valence-corrected chi connectivity index (χ1v) is 12.3. The van der Waals surface area contributed by atoms with Crippen LogP contribution in [0.1, 0.15) is 24.0 Å². The summed E-state index contributed by atoms with van der Waals surface area (Å²) in [4.78, 5) is 5.91. The van der Waals surface area contributed by atoms with E-state index < -0.39 is 29.7 Å². The molecule has 0 bridgehead atoms. The third-order valence-electron chi connectivity index (χ3n) is 7.30. The first-order valence-electron chi connectivity index (χ1n) is 12.3. The minimum atomic E-state index is -2.99. The number of hydrogen-bond acceptors (Lipinski definition) is 7. The number of piperidine rings is 1. The third kappa shape index (κ3) is 4.97. The number of alkyl halides is 2. The van der Waals surface area contributed by atoms with Gasteiger partial charge in [-0.1, -0.05) is 6.07 Å². The maximum atomic E-state index is 15.0. The topological polar surface area (TPSA) is 115 Å². The van der Waals surface area contributed by atoms with E-state index in [1.807, 2.05) is 11.0 Å². The summed E-state index contributed by atoms with van der Waals surface area (Å²) < 4.78 is 62.8. The number of methoxy groups -OCH3 is 1. The molecule has 0 unspecified atom stereocenters. The van der Waals surface area contributed by atoms with Gasteiger partial charge in [0.05, 0.1) is 12.6 Å². The summed E-state index contributed by atoms with van der Waals surface area (Å²) in [6.45, 7) is 0.493. The maximum absolute atomic E-state index is 15.0. The number of nitrogens with two attached hydrogens (primary N) is 2. The van der Waals surface area contributed by atoms with Crippen molar-refractivity contribution in [3.8, 4) is 16.9 Å². The van der Waals surface area contributed by atoms with E-state index in [1.165, 1.54) is 13.4 Å². The second-order valence-electron chi connectivity index (χ2n) is 9.80. The number of nitrogen functional groups attached to an aromatic ring is 1. The number of aromatic nitrogens is 3. The van der Waals surface area contributed by atoms with Gasteiger partial charge in [0.15, 0.2) is 17.4 Å². The van der Waals surface area contributed by atoms with E-state index in [-0.39, 0.29) is 30.1 Å². The molecule has 1 fully saturated rings. The zero-order valence-corrected chi connectivity index (χ0v) is 21.1. The van der Waals surface area contributed by atoms with Gasteiger partial charge in [0.1, 0.15) is 23.8 Å². The van der Waals surface area contributed by atoms with Crippen molar-refractivity contribution in [3.63, 3.8) is 0 Å². The molecular weight excluding hydrogens is 516 g/mol. The van der Waals surface area contributed by atoms with Crippen molar-refractivity contribution < 1.29 is 27.4 Å². The van der Waals surface area contributed by atoms with Crippen LogP contribution in [0.2, 0.25) is 0 Å². The predicted molar refractivity (Wildman–Crippen MR) is 139 cm³/mol. The Bertz CT molecular complexity index is 1510. The molecule has 5 rings (SSSR count). The van der Waals surface area contributed by atoms with Crippen molar-refractivity contribution in [1.82, 2.24) is 14.6 Å². The van der Waals surface area contributed by atoms with Crippen molar-refractivity contribution in [1.29, 1.82) is 0 Å². The second kappa shape index (κ2) is 10.3. The molecule has 3 heterocycles. The number of fused-ring (bicyclic) bond motifs is 1. The van der Waals surface area contributed by atoms with Crippen molar-refractivity contribution >= 4 is 17.0 Å². The Morgan fingerprint density at radius 1 is 1.13 bits per heavy atom. The van der Waals surface area contributed by atoms with Gasteiger partial charge in [-0.2, -0.15) is 5.10 Å². The molecule has 2 aromatic carbocycles. The Morgan fingerprint density at radius 2 is 1.92 bits per heavy atom. The highest BCUT2D eigenvalue weighted by Crippen LogP contribution is 2.36. The number of ether oxygens (including phenoxy) is 1. The van der Waals surface area contributed by atoms with Crippen LogP contribution in [-0.2, 0) is 6.42 Å². The van der Waals surface area contributed by atoms with Gasteiger partial charge in [0.2, 0.25) is 0 Å². The molecule has 1 saturated heterocycles. The first kappa shape index (κ1) is 26.7. The van der Waals surface area contributed by atoms with E-state index >= 15 is 0 Å². The van der Waals surface area contributed by atoms with E-state index in [9.17, 15) is 22.7 Å². The monoisotopic (exact) mass is 544 g/mol. The van der Waals surface area contributed by atoms with E-state index in [0.29, 0.717) is 41.7 Å². The molecule has 5 N–H and O–H groups in total. The van der Waals surface area contributed by atoms with Crippen LogP contribution in [0, 0.1) is 11.6 Å². The molecule has 39 heavy (non-hydrogen) atoms. The number of rotatable bonds is 7. The fourth-order valence-corrected chi connectivity index (χ4v) is 5.31. The van der Waals surface area contributed by atoms with Crippen LogP contribution in [-0.4, -0.2) is 58.0 Å². The zero-order valence-electron chi connectivity index (χ0n) is 21.1. The second-order valence-corrected chi connectivity index (χ2v) is 9.80. The molecule has 206 valence electrons. The lowest BCUT2D eigenvalue weighted by Crippen LogP contribution is -2.63. The third-order valence-corrected chi connectivity index (χ3v) is 7.30. The van der Waals surface area contributed by atoms with Crippen LogP contribution in [0.3, 0.4) is 0 Å². The minimum absolute atomic E-state index is 0.0157. The molecular formula is C27H28F4N6O2. The smallest absolute Gasteiger partial charge is 0.265 e. The lowest BCUT2D eigenvalue weighted by Gasteiger charge is -2.44. The van der Waals surface area contributed by atoms with Crippen LogP contribution < -0.4 is 21.1 Å². The molecule has 4 aromatic rings. The van der Waals surface area contributed by atoms with Gasteiger partial charge >= 0.3 is 0 Å². The SMILES string of the molecule is COc1cc(F)c(-c2ccc(N3CCC[C@](N)([C@H](O)C(F)F)C3)c(Cc3ccn4ncnc(N)c34)c2)cc1F. The lowest BCUT2D eigenvalue weighted by molar-refractivity contribution is -0.0529. The fourth-order valence-electron chi connectivity index (χ4n) is 5.31. The van der Waals surface area contributed by atoms with Crippen molar-refractivity contribution in [2.75, 3.05) is 30.8 Å². The molecule has 8 nitrogen and oxygen atoms in total. The van der Waals surface area contributed by atoms with Crippen LogP contribution in [0.25, 0.3) is 16.6 Å². The van der Waals surface area contributed by atoms with Gasteiger partial charge in [-0.15, -0.1) is 0 Å². The minimum Gasteiger partial charge on any atom is -0.494 e. The number of benzene rings is 2. The summed E-state index contributed by atoms with van der Waals surface area (Å²) in [6.07, 6.45) is -0.903. The molecule has 2 atom stereocenters. The normalized spacial score (nSPS) is 18.6. The Labute approximate surface area is 221 Å². The molecule has 1 aliphatic heterocycles. The van der Waals surface area contributed by atoms with E-state index in [4.69, 9.17) is 16.2 Å². The summed E-state index contributed by atoms with van der Waals surface area (Å²) in [7, 11) is 1.25. The molecule has 12 heteroatoms. The number of hydrogen-bond donors (Lipinski definition) is 3. The van der Waals surface area contributed by atoms with E-state index in [2.05, 4.69) is 10.1 Å². The average Bonchev–Trinajstić information content (AvgIpc) is 3.33. The zero-order chi connectivity index (χ0) is 27.9. The standard InChI is InChI=1S/C27H28F4N6O2/c1-39-22-12-19(28)18(11-20(22)29)15-3-4-21(36-7-2-6-27(33,13-36)24(38)25(30)31)17(9-15)10-16-5-8-37-23(16)26(32)34-14-35-37/h3-5,8-9,11-12,14,24-25,38H,2,6-7,10,13,33H2,1H3,(H2,32,34,35)/t24-,27-/m1/s1. The van der Waals surface area contributed by atoms with Crippen LogP contribution >= 0.6 is 0 Å². The number of nitrogens with zero attached hydrogens (tertiary/aromatic N) is 4. The highest BCUT2D eigenvalue weighted by Gasteiger charge is 2.43. The summed E-state index contributed by atoms with van der Waals surface area (Å²) in [6, 6.07) is 8.96. The Kier molecular flexibility index (Phi) is 7.08. The van der Waals surface area contributed by atoms with Gasteiger partial charge in [-0.25, -0.2) is 27.1 Å². The molecule has 0 spiro atoms. The van der Waals surface area contributed by atoms with Gasteiger partial charge in [-0.3, -0.25) is 0 Å². The Hall–Kier alpha value is -3.90. The van der Waals surface area contributed by atoms with Gasteiger partial charge < -0.3 is 26.2 Å². The number of anilines is 2. The molecule has 0 amide bonds. The number of aliphatic hydroxyl groups is 1. The highest BCUT2D eigenvalue weighted by atomic mass is 19.3. The molecule has 2 aromatic heterocycles. The molecule has 1 aliphatic rings. The Morgan fingerprint density at radius 3 is 2.67 bits per heavy atom. The van der Waals surface area contributed by atoms with Crippen molar-refractivity contribution in [3.05, 3.63) is 71.7 Å².